The molecule has 4 nitrogen and oxygen atoms in total. The second-order valence-corrected chi connectivity index (χ2v) is 9.86. The molecule has 0 radical (unpaired) electrons. The van der Waals surface area contributed by atoms with Crippen LogP contribution in [0.5, 0.6) is 0 Å². The van der Waals surface area contributed by atoms with Gasteiger partial charge in [-0.15, -0.1) is 10.2 Å². The van der Waals surface area contributed by atoms with Crippen LogP contribution < -0.4 is 5.32 Å². The minimum Gasteiger partial charge on any atom is -0.368 e. The molecule has 1 N–H and O–H groups in total. The first kappa shape index (κ1) is 22.2. The summed E-state index contributed by atoms with van der Waals surface area (Å²) in [5.74, 6) is 0.882. The van der Waals surface area contributed by atoms with E-state index < -0.39 is 0 Å². The number of nitrogens with zero attached hydrogens (tertiary/aromatic N) is 3. The highest BCUT2D eigenvalue weighted by molar-refractivity contribution is 6.33. The summed E-state index contributed by atoms with van der Waals surface area (Å²) in [7, 11) is 0. The maximum atomic E-state index is 13.9. The maximum Gasteiger partial charge on any atom is 0.148 e. The third-order valence-corrected chi connectivity index (χ3v) is 7.48. The van der Waals surface area contributed by atoms with E-state index in [-0.39, 0.29) is 11.6 Å². The van der Waals surface area contributed by atoms with Gasteiger partial charge in [0, 0.05) is 24.2 Å². The van der Waals surface area contributed by atoms with Crippen LogP contribution in [-0.2, 0) is 6.54 Å². The topological polar surface area (TPSA) is 41.0 Å². The van der Waals surface area contributed by atoms with Crippen LogP contribution in [0.3, 0.4) is 0 Å². The number of piperidine rings is 1. The van der Waals surface area contributed by atoms with Crippen LogP contribution in [0.15, 0.2) is 54.6 Å². The zero-order chi connectivity index (χ0) is 22.8. The van der Waals surface area contributed by atoms with E-state index in [1.807, 2.05) is 24.3 Å². The SMILES string of the molecule is Fc1ccc(Cl)c(-c2ccc(NCC3CC4(CCN(Cc5ccccc5F)CC4)C3)nn2)c1. The summed E-state index contributed by atoms with van der Waals surface area (Å²) in [5.41, 5.74) is 2.32. The van der Waals surface area contributed by atoms with E-state index in [0.29, 0.717) is 40.0 Å². The Hall–Kier alpha value is -2.57. The molecule has 2 aliphatic rings. The van der Waals surface area contributed by atoms with E-state index in [4.69, 9.17) is 11.6 Å². The third kappa shape index (κ3) is 5.02. The van der Waals surface area contributed by atoms with Crippen LogP contribution in [-0.4, -0.2) is 34.7 Å². The Balaban J connectivity index is 1.08. The smallest absolute Gasteiger partial charge is 0.148 e. The lowest BCUT2D eigenvalue weighted by Gasteiger charge is -2.52. The molecule has 1 aromatic heterocycles. The zero-order valence-corrected chi connectivity index (χ0v) is 19.2. The van der Waals surface area contributed by atoms with E-state index in [0.717, 1.165) is 25.2 Å². The van der Waals surface area contributed by atoms with Crippen LogP contribution in [0, 0.1) is 23.0 Å². The van der Waals surface area contributed by atoms with E-state index in [2.05, 4.69) is 20.4 Å². The van der Waals surface area contributed by atoms with Gasteiger partial charge in [0.2, 0.25) is 0 Å². The molecule has 1 aliphatic heterocycles. The van der Waals surface area contributed by atoms with Gasteiger partial charge in [-0.05, 0) is 86.5 Å². The van der Waals surface area contributed by atoms with Crippen molar-refractivity contribution in [3.05, 3.63) is 76.8 Å². The molecule has 0 unspecified atom stereocenters. The monoisotopic (exact) mass is 468 g/mol. The lowest BCUT2D eigenvalue weighted by atomic mass is 9.57. The molecule has 1 saturated heterocycles. The summed E-state index contributed by atoms with van der Waals surface area (Å²) in [4.78, 5) is 2.37. The molecular formula is C26H27ClF2N4. The summed E-state index contributed by atoms with van der Waals surface area (Å²) >= 11 is 6.16. The molecule has 0 bridgehead atoms. The van der Waals surface area contributed by atoms with Gasteiger partial charge in [0.1, 0.15) is 17.5 Å². The summed E-state index contributed by atoms with van der Waals surface area (Å²) in [6.45, 7) is 3.63. The number of benzene rings is 2. The molecule has 7 heteroatoms. The molecule has 1 aliphatic carbocycles. The number of aromatic nitrogens is 2. The van der Waals surface area contributed by atoms with Crippen molar-refractivity contribution in [1.82, 2.24) is 15.1 Å². The number of hydrogen-bond donors (Lipinski definition) is 1. The van der Waals surface area contributed by atoms with Gasteiger partial charge in [-0.25, -0.2) is 8.78 Å². The van der Waals surface area contributed by atoms with Crippen LogP contribution in [0.25, 0.3) is 11.3 Å². The normalized spacial score (nSPS) is 18.3. The Morgan fingerprint density at radius 1 is 1.00 bits per heavy atom. The number of likely N-dealkylation sites (tertiary alicyclic amines) is 1. The molecule has 33 heavy (non-hydrogen) atoms. The van der Waals surface area contributed by atoms with Crippen molar-refractivity contribution in [2.75, 3.05) is 25.0 Å². The predicted molar refractivity (Wildman–Crippen MR) is 127 cm³/mol. The molecular weight excluding hydrogens is 442 g/mol. The minimum absolute atomic E-state index is 0.109. The number of hydrogen-bond acceptors (Lipinski definition) is 4. The number of anilines is 1. The average molecular weight is 469 g/mol. The molecule has 2 heterocycles. The Labute approximate surface area is 198 Å². The second-order valence-electron chi connectivity index (χ2n) is 9.45. The van der Waals surface area contributed by atoms with E-state index in [1.54, 1.807) is 12.1 Å². The van der Waals surface area contributed by atoms with Crippen molar-refractivity contribution in [3.8, 4) is 11.3 Å². The fraction of sp³-hybridized carbons (Fsp3) is 0.385. The Kier molecular flexibility index (Phi) is 6.30. The van der Waals surface area contributed by atoms with Gasteiger partial charge in [-0.1, -0.05) is 29.8 Å². The molecule has 3 aromatic rings. The van der Waals surface area contributed by atoms with Crippen molar-refractivity contribution >= 4 is 17.4 Å². The number of rotatable bonds is 6. The average Bonchev–Trinajstić information content (AvgIpc) is 2.81. The molecule has 1 saturated carbocycles. The first-order valence-electron chi connectivity index (χ1n) is 11.5. The Morgan fingerprint density at radius 2 is 1.79 bits per heavy atom. The van der Waals surface area contributed by atoms with Crippen LogP contribution in [0.2, 0.25) is 5.02 Å². The van der Waals surface area contributed by atoms with Gasteiger partial charge in [0.05, 0.1) is 10.7 Å². The highest BCUT2D eigenvalue weighted by atomic mass is 35.5. The van der Waals surface area contributed by atoms with Gasteiger partial charge in [0.15, 0.2) is 0 Å². The van der Waals surface area contributed by atoms with E-state index in [1.165, 1.54) is 43.9 Å². The van der Waals surface area contributed by atoms with Gasteiger partial charge in [-0.2, -0.15) is 0 Å². The van der Waals surface area contributed by atoms with Gasteiger partial charge >= 0.3 is 0 Å². The lowest BCUT2D eigenvalue weighted by molar-refractivity contribution is -0.0103. The molecule has 0 amide bonds. The zero-order valence-electron chi connectivity index (χ0n) is 18.4. The van der Waals surface area contributed by atoms with Gasteiger partial charge in [0.25, 0.3) is 0 Å². The summed E-state index contributed by atoms with van der Waals surface area (Å²) in [6, 6.07) is 15.0. The first-order valence-corrected chi connectivity index (χ1v) is 11.9. The fourth-order valence-electron chi connectivity index (χ4n) is 5.28. The predicted octanol–water partition coefficient (Wildman–Crippen LogP) is 6.18. The highest BCUT2D eigenvalue weighted by Gasteiger charge is 2.45. The van der Waals surface area contributed by atoms with Crippen molar-refractivity contribution in [1.29, 1.82) is 0 Å². The fourth-order valence-corrected chi connectivity index (χ4v) is 5.50. The van der Waals surface area contributed by atoms with Crippen molar-refractivity contribution in [3.63, 3.8) is 0 Å². The summed E-state index contributed by atoms with van der Waals surface area (Å²) in [6.07, 6.45) is 4.80. The summed E-state index contributed by atoms with van der Waals surface area (Å²) in [5, 5.41) is 12.3. The van der Waals surface area contributed by atoms with E-state index >= 15 is 0 Å². The van der Waals surface area contributed by atoms with Gasteiger partial charge < -0.3 is 5.32 Å². The molecule has 2 aromatic carbocycles. The quantitative estimate of drug-likeness (QED) is 0.469. The minimum atomic E-state index is -0.352. The maximum absolute atomic E-state index is 13.9. The number of nitrogens with one attached hydrogen (secondary N) is 1. The van der Waals surface area contributed by atoms with Crippen molar-refractivity contribution < 1.29 is 8.78 Å². The highest BCUT2D eigenvalue weighted by Crippen LogP contribution is 2.52. The lowest BCUT2D eigenvalue weighted by Crippen LogP contribution is -2.48. The second kappa shape index (κ2) is 9.35. The van der Waals surface area contributed by atoms with Crippen LogP contribution in [0.4, 0.5) is 14.6 Å². The molecule has 172 valence electrons. The van der Waals surface area contributed by atoms with Crippen LogP contribution in [0.1, 0.15) is 31.2 Å². The van der Waals surface area contributed by atoms with Crippen molar-refractivity contribution in [2.24, 2.45) is 11.3 Å². The Morgan fingerprint density at radius 3 is 2.52 bits per heavy atom. The molecule has 1 spiro atoms. The van der Waals surface area contributed by atoms with Gasteiger partial charge in [-0.3, -0.25) is 4.90 Å². The third-order valence-electron chi connectivity index (χ3n) is 7.15. The summed E-state index contributed by atoms with van der Waals surface area (Å²) < 4.78 is 27.4. The molecule has 2 fully saturated rings. The Bertz CT molecular complexity index is 1110. The largest absolute Gasteiger partial charge is 0.368 e. The van der Waals surface area contributed by atoms with E-state index in [9.17, 15) is 8.78 Å². The number of halogens is 3. The first-order chi connectivity index (χ1) is 16.0. The molecule has 5 rings (SSSR count). The standard InChI is InChI=1S/C26H27ClF2N4/c27-22-6-5-20(28)13-21(22)24-7-8-25(32-31-24)30-16-18-14-26(15-18)9-11-33(12-10-26)17-19-3-1-2-4-23(19)29/h1-8,13,18H,9-12,14-17H2,(H,30,32). The van der Waals surface area contributed by atoms with Crippen LogP contribution >= 0.6 is 11.6 Å². The molecule has 0 atom stereocenters. The van der Waals surface area contributed by atoms with Crippen molar-refractivity contribution in [2.45, 2.75) is 32.2 Å².